The first-order valence-corrected chi connectivity index (χ1v) is 11.1. The number of nitrogens with zero attached hydrogens (tertiary/aromatic N) is 3. The molecule has 0 aliphatic carbocycles. The van der Waals surface area contributed by atoms with Crippen LogP contribution in [0.1, 0.15) is 45.2 Å². The summed E-state index contributed by atoms with van der Waals surface area (Å²) >= 11 is 0. The smallest absolute Gasteiger partial charge is 0.260 e. The minimum absolute atomic E-state index is 0.214. The van der Waals surface area contributed by atoms with Gasteiger partial charge in [-0.25, -0.2) is 12.8 Å². The van der Waals surface area contributed by atoms with Crippen molar-refractivity contribution >= 4 is 15.8 Å². The van der Waals surface area contributed by atoms with Crippen molar-refractivity contribution < 1.29 is 22.3 Å². The van der Waals surface area contributed by atoms with Gasteiger partial charge in [0, 0.05) is 25.3 Å². The largest absolute Gasteiger partial charge is 0.491 e. The van der Waals surface area contributed by atoms with Crippen LogP contribution >= 0.6 is 0 Å². The third kappa shape index (κ3) is 4.25. The SMILES string of the molecule is COCCOc1ccc(F)cc1[C@H]1CCCN1c1ccnn1S(=O)(=O)C(C)(C)C. The fourth-order valence-electron chi connectivity index (χ4n) is 3.44. The van der Waals surface area contributed by atoms with E-state index in [0.717, 1.165) is 16.9 Å². The second-order valence-electron chi connectivity index (χ2n) is 8.02. The second kappa shape index (κ2) is 8.31. The summed E-state index contributed by atoms with van der Waals surface area (Å²) in [4.78, 5) is 1.97. The third-order valence-electron chi connectivity index (χ3n) is 5.02. The molecule has 0 amide bonds. The lowest BCUT2D eigenvalue weighted by Crippen LogP contribution is -2.37. The van der Waals surface area contributed by atoms with Crippen LogP contribution in [0.15, 0.2) is 30.5 Å². The number of anilines is 1. The number of benzene rings is 1. The Bertz CT molecular complexity index is 953. The first-order chi connectivity index (χ1) is 13.7. The number of aromatic nitrogens is 2. The number of halogens is 1. The van der Waals surface area contributed by atoms with Crippen LogP contribution in [-0.2, 0) is 14.8 Å². The predicted molar refractivity (Wildman–Crippen MR) is 109 cm³/mol. The van der Waals surface area contributed by atoms with Gasteiger partial charge >= 0.3 is 0 Å². The highest BCUT2D eigenvalue weighted by atomic mass is 32.2. The van der Waals surface area contributed by atoms with Gasteiger partial charge in [-0.15, -0.1) is 4.09 Å². The summed E-state index contributed by atoms with van der Waals surface area (Å²) in [5.74, 6) is 0.696. The number of methoxy groups -OCH3 is 1. The maximum atomic E-state index is 14.1. The second-order valence-corrected chi connectivity index (χ2v) is 10.5. The number of ether oxygens (including phenoxy) is 2. The molecule has 2 heterocycles. The number of rotatable bonds is 7. The average Bonchev–Trinajstić information content (AvgIpc) is 3.31. The summed E-state index contributed by atoms with van der Waals surface area (Å²) in [6, 6.07) is 5.91. The minimum Gasteiger partial charge on any atom is -0.491 e. The molecule has 0 N–H and O–H groups in total. The van der Waals surface area contributed by atoms with Gasteiger partial charge < -0.3 is 14.4 Å². The summed E-state index contributed by atoms with van der Waals surface area (Å²) < 4.78 is 51.0. The molecule has 0 bridgehead atoms. The van der Waals surface area contributed by atoms with Crippen molar-refractivity contribution in [3.05, 3.63) is 41.8 Å². The van der Waals surface area contributed by atoms with E-state index in [1.54, 1.807) is 40.0 Å². The van der Waals surface area contributed by atoms with E-state index < -0.39 is 14.8 Å². The van der Waals surface area contributed by atoms with Crippen LogP contribution in [0.2, 0.25) is 0 Å². The fourth-order valence-corrected chi connectivity index (χ4v) is 4.55. The van der Waals surface area contributed by atoms with E-state index in [1.165, 1.54) is 18.3 Å². The molecule has 1 atom stereocenters. The van der Waals surface area contributed by atoms with E-state index in [1.807, 2.05) is 4.90 Å². The zero-order valence-corrected chi connectivity index (χ0v) is 18.1. The Balaban J connectivity index is 1.99. The van der Waals surface area contributed by atoms with E-state index in [-0.39, 0.29) is 11.9 Å². The highest BCUT2D eigenvalue weighted by Crippen LogP contribution is 2.41. The molecule has 1 aliphatic heterocycles. The molecule has 1 aromatic heterocycles. The van der Waals surface area contributed by atoms with E-state index in [4.69, 9.17) is 9.47 Å². The Morgan fingerprint density at radius 2 is 2.00 bits per heavy atom. The molecule has 0 radical (unpaired) electrons. The molecule has 2 aromatic rings. The number of hydrogen-bond acceptors (Lipinski definition) is 6. The quantitative estimate of drug-likeness (QED) is 0.634. The Hall–Kier alpha value is -2.13. The molecular weight excluding hydrogens is 397 g/mol. The standard InChI is InChI=1S/C20H28FN3O4S/c1-20(2,3)29(25,26)24-19(9-10-22-24)23-11-5-6-17(23)16-14-15(21)7-8-18(16)28-13-12-27-4/h7-10,14,17H,5-6,11-13H2,1-4H3/t17-/m1/s1. The van der Waals surface area contributed by atoms with Crippen molar-refractivity contribution in [2.75, 3.05) is 31.8 Å². The van der Waals surface area contributed by atoms with Gasteiger partial charge in [-0.05, 0) is 51.8 Å². The molecule has 29 heavy (non-hydrogen) atoms. The zero-order chi connectivity index (χ0) is 21.2. The van der Waals surface area contributed by atoms with E-state index in [9.17, 15) is 12.8 Å². The van der Waals surface area contributed by atoms with Crippen molar-refractivity contribution in [2.24, 2.45) is 0 Å². The topological polar surface area (TPSA) is 73.7 Å². The van der Waals surface area contributed by atoms with Crippen molar-refractivity contribution in [1.29, 1.82) is 0 Å². The van der Waals surface area contributed by atoms with Crippen molar-refractivity contribution in [3.63, 3.8) is 0 Å². The van der Waals surface area contributed by atoms with E-state index in [2.05, 4.69) is 5.10 Å². The van der Waals surface area contributed by atoms with Crippen LogP contribution in [0.3, 0.4) is 0 Å². The predicted octanol–water partition coefficient (Wildman–Crippen LogP) is 3.37. The highest BCUT2D eigenvalue weighted by Gasteiger charge is 2.37. The van der Waals surface area contributed by atoms with Gasteiger partial charge in [-0.1, -0.05) is 0 Å². The molecule has 1 saturated heterocycles. The maximum Gasteiger partial charge on any atom is 0.260 e. The monoisotopic (exact) mass is 425 g/mol. The van der Waals surface area contributed by atoms with Gasteiger partial charge in [0.1, 0.15) is 24.0 Å². The van der Waals surface area contributed by atoms with Crippen molar-refractivity contribution in [3.8, 4) is 5.75 Å². The fraction of sp³-hybridized carbons (Fsp3) is 0.550. The third-order valence-corrected chi connectivity index (χ3v) is 7.30. The molecular formula is C20H28FN3O4S. The highest BCUT2D eigenvalue weighted by molar-refractivity contribution is 7.91. The molecule has 9 heteroatoms. The summed E-state index contributed by atoms with van der Waals surface area (Å²) in [5, 5.41) is 4.09. The Labute approximate surface area is 171 Å². The Morgan fingerprint density at radius 1 is 1.24 bits per heavy atom. The molecule has 160 valence electrons. The lowest BCUT2D eigenvalue weighted by atomic mass is 10.0. The zero-order valence-electron chi connectivity index (χ0n) is 17.3. The van der Waals surface area contributed by atoms with Gasteiger partial charge in [-0.2, -0.15) is 5.10 Å². The van der Waals surface area contributed by atoms with Crippen LogP contribution in [-0.4, -0.2) is 49.2 Å². The normalized spacial score (nSPS) is 17.7. The van der Waals surface area contributed by atoms with E-state index in [0.29, 0.717) is 36.9 Å². The molecule has 0 unspecified atom stereocenters. The van der Waals surface area contributed by atoms with Crippen LogP contribution in [0.5, 0.6) is 5.75 Å². The van der Waals surface area contributed by atoms with Gasteiger partial charge in [0.15, 0.2) is 0 Å². The molecule has 0 spiro atoms. The molecule has 3 rings (SSSR count). The van der Waals surface area contributed by atoms with Gasteiger partial charge in [0.2, 0.25) is 0 Å². The Morgan fingerprint density at radius 3 is 2.69 bits per heavy atom. The van der Waals surface area contributed by atoms with Crippen LogP contribution in [0.4, 0.5) is 10.2 Å². The van der Waals surface area contributed by atoms with Crippen LogP contribution in [0.25, 0.3) is 0 Å². The molecule has 1 aliphatic rings. The lowest BCUT2D eigenvalue weighted by Gasteiger charge is -2.30. The lowest BCUT2D eigenvalue weighted by molar-refractivity contribution is 0.145. The summed E-state index contributed by atoms with van der Waals surface area (Å²) in [5.41, 5.74) is 0.694. The minimum atomic E-state index is -3.70. The average molecular weight is 426 g/mol. The summed E-state index contributed by atoms with van der Waals surface area (Å²) in [6.07, 6.45) is 3.08. The molecule has 7 nitrogen and oxygen atoms in total. The summed E-state index contributed by atoms with van der Waals surface area (Å²) in [7, 11) is -2.11. The number of hydrogen-bond donors (Lipinski definition) is 0. The maximum absolute atomic E-state index is 14.1. The van der Waals surface area contributed by atoms with Gasteiger partial charge in [0.05, 0.1) is 23.6 Å². The first-order valence-electron chi connectivity index (χ1n) is 9.64. The van der Waals surface area contributed by atoms with Crippen LogP contribution in [0, 0.1) is 5.82 Å². The van der Waals surface area contributed by atoms with Crippen molar-refractivity contribution in [1.82, 2.24) is 9.19 Å². The van der Waals surface area contributed by atoms with Gasteiger partial charge in [0.25, 0.3) is 10.0 Å². The summed E-state index contributed by atoms with van der Waals surface area (Å²) in [6.45, 7) is 6.33. The Kier molecular flexibility index (Phi) is 6.19. The molecule has 1 aromatic carbocycles. The molecule has 0 saturated carbocycles. The first kappa shape index (κ1) is 21.6. The van der Waals surface area contributed by atoms with Gasteiger partial charge in [-0.3, -0.25) is 0 Å². The van der Waals surface area contributed by atoms with Crippen molar-refractivity contribution in [2.45, 2.75) is 44.4 Å². The van der Waals surface area contributed by atoms with Crippen LogP contribution < -0.4 is 9.64 Å². The molecule has 1 fully saturated rings. The van der Waals surface area contributed by atoms with E-state index >= 15 is 0 Å².